The summed E-state index contributed by atoms with van der Waals surface area (Å²) < 4.78 is 28.0. The van der Waals surface area contributed by atoms with Gasteiger partial charge in [-0.2, -0.15) is 0 Å². The molecule has 0 aliphatic rings. The van der Waals surface area contributed by atoms with Crippen molar-refractivity contribution < 1.29 is 13.5 Å². The van der Waals surface area contributed by atoms with E-state index in [1.807, 2.05) is 13.0 Å². The minimum atomic E-state index is -3.66. The van der Waals surface area contributed by atoms with Crippen molar-refractivity contribution in [3.63, 3.8) is 0 Å². The molecule has 0 amide bonds. The number of sulfonamides is 1. The van der Waals surface area contributed by atoms with E-state index in [4.69, 9.17) is 5.11 Å². The zero-order chi connectivity index (χ0) is 14.8. The minimum Gasteiger partial charge on any atom is -0.390 e. The van der Waals surface area contributed by atoms with Gasteiger partial charge in [-0.05, 0) is 36.2 Å². The molecule has 0 saturated carbocycles. The zero-order valence-electron chi connectivity index (χ0n) is 10.9. The van der Waals surface area contributed by atoms with Gasteiger partial charge in [-0.3, -0.25) is 4.72 Å². The maximum absolute atomic E-state index is 12.3. The van der Waals surface area contributed by atoms with Gasteiger partial charge in [0.1, 0.15) is 4.90 Å². The molecule has 0 atom stereocenters. The van der Waals surface area contributed by atoms with Crippen molar-refractivity contribution >= 4 is 31.6 Å². The van der Waals surface area contributed by atoms with Crippen LogP contribution in [0.2, 0.25) is 0 Å². The van der Waals surface area contributed by atoms with E-state index in [9.17, 15) is 8.42 Å². The Kier molecular flexibility index (Phi) is 4.52. The van der Waals surface area contributed by atoms with Crippen molar-refractivity contribution in [2.24, 2.45) is 0 Å². The summed E-state index contributed by atoms with van der Waals surface area (Å²) in [5.41, 5.74) is 1.92. The van der Waals surface area contributed by atoms with Crippen LogP contribution in [0.25, 0.3) is 0 Å². The largest absolute Gasteiger partial charge is 0.390 e. The van der Waals surface area contributed by atoms with Crippen LogP contribution in [0.3, 0.4) is 0 Å². The maximum Gasteiger partial charge on any atom is 0.263 e. The lowest BCUT2D eigenvalue weighted by molar-refractivity contribution is 0.277. The summed E-state index contributed by atoms with van der Waals surface area (Å²) in [6.45, 7) is 1.73. The summed E-state index contributed by atoms with van der Waals surface area (Å²) in [4.78, 5) is 2.81. The average molecular weight is 359 g/mol. The first-order chi connectivity index (χ1) is 9.46. The molecule has 0 spiro atoms. The Balaban J connectivity index is 2.33. The molecule has 1 aromatic heterocycles. The highest BCUT2D eigenvalue weighted by molar-refractivity contribution is 9.10. The lowest BCUT2D eigenvalue weighted by atomic mass is 10.1. The number of H-pyrrole nitrogens is 1. The van der Waals surface area contributed by atoms with Gasteiger partial charge in [-0.15, -0.1) is 0 Å². The molecule has 5 nitrogen and oxygen atoms in total. The highest BCUT2D eigenvalue weighted by Gasteiger charge is 2.17. The molecule has 2 rings (SSSR count). The van der Waals surface area contributed by atoms with E-state index in [0.29, 0.717) is 17.8 Å². The van der Waals surface area contributed by atoms with Gasteiger partial charge in [0, 0.05) is 16.4 Å². The number of anilines is 1. The van der Waals surface area contributed by atoms with Gasteiger partial charge in [0.15, 0.2) is 0 Å². The summed E-state index contributed by atoms with van der Waals surface area (Å²) >= 11 is 3.36. The number of halogens is 1. The van der Waals surface area contributed by atoms with Crippen molar-refractivity contribution in [1.82, 2.24) is 4.98 Å². The van der Waals surface area contributed by atoms with Crippen LogP contribution in [-0.4, -0.2) is 18.5 Å². The van der Waals surface area contributed by atoms with Gasteiger partial charge in [-0.25, -0.2) is 8.42 Å². The summed E-state index contributed by atoms with van der Waals surface area (Å²) in [5.74, 6) is 0. The van der Waals surface area contributed by atoms with Crippen LogP contribution < -0.4 is 4.72 Å². The van der Waals surface area contributed by atoms with Gasteiger partial charge in [0.2, 0.25) is 0 Å². The fourth-order valence-corrected chi connectivity index (χ4v) is 3.35. The molecule has 0 radical (unpaired) electrons. The fraction of sp³-hybridized carbons (Fsp3) is 0.231. The van der Waals surface area contributed by atoms with E-state index < -0.39 is 10.0 Å². The molecule has 1 aromatic carbocycles. The fourth-order valence-electron chi connectivity index (χ4n) is 1.82. The molecular formula is C13H15BrN2O3S. The van der Waals surface area contributed by atoms with Gasteiger partial charge in [0.25, 0.3) is 10.0 Å². The Labute approximate surface area is 126 Å². The van der Waals surface area contributed by atoms with E-state index in [1.54, 1.807) is 12.1 Å². The maximum atomic E-state index is 12.3. The van der Waals surface area contributed by atoms with Crippen LogP contribution >= 0.6 is 15.9 Å². The number of aryl methyl sites for hydroxylation is 1. The Morgan fingerprint density at radius 3 is 2.70 bits per heavy atom. The number of aliphatic hydroxyl groups is 1. The molecule has 7 heteroatoms. The Hall–Kier alpha value is -1.31. The zero-order valence-corrected chi connectivity index (χ0v) is 13.3. The molecule has 0 bridgehead atoms. The number of hydrogen-bond donors (Lipinski definition) is 3. The van der Waals surface area contributed by atoms with E-state index in [0.717, 1.165) is 10.0 Å². The van der Waals surface area contributed by atoms with Gasteiger partial charge < -0.3 is 10.1 Å². The van der Waals surface area contributed by atoms with Crippen molar-refractivity contribution in [3.05, 3.63) is 46.2 Å². The first-order valence-electron chi connectivity index (χ1n) is 6.05. The van der Waals surface area contributed by atoms with Crippen molar-refractivity contribution in [1.29, 1.82) is 0 Å². The van der Waals surface area contributed by atoms with Crippen LogP contribution in [0, 0.1) is 0 Å². The summed E-state index contributed by atoms with van der Waals surface area (Å²) in [6.07, 6.45) is 2.07. The molecule has 20 heavy (non-hydrogen) atoms. The smallest absolute Gasteiger partial charge is 0.263 e. The lowest BCUT2D eigenvalue weighted by Gasteiger charge is -2.11. The van der Waals surface area contributed by atoms with Crippen molar-refractivity contribution in [2.45, 2.75) is 24.8 Å². The lowest BCUT2D eigenvalue weighted by Crippen LogP contribution is -2.13. The third-order valence-corrected chi connectivity index (χ3v) is 4.73. The van der Waals surface area contributed by atoms with E-state index in [1.165, 1.54) is 12.3 Å². The second-order valence-corrected chi connectivity index (χ2v) is 6.88. The van der Waals surface area contributed by atoms with Gasteiger partial charge >= 0.3 is 0 Å². The van der Waals surface area contributed by atoms with E-state index in [2.05, 4.69) is 25.6 Å². The summed E-state index contributed by atoms with van der Waals surface area (Å²) in [7, 11) is -3.66. The molecule has 0 saturated heterocycles. The molecule has 1 heterocycles. The minimum absolute atomic E-state index is 0.103. The Bertz CT molecular complexity index is 710. The van der Waals surface area contributed by atoms with E-state index >= 15 is 0 Å². The number of hydrogen-bond acceptors (Lipinski definition) is 3. The quantitative estimate of drug-likeness (QED) is 0.768. The highest BCUT2D eigenvalue weighted by Crippen LogP contribution is 2.24. The van der Waals surface area contributed by atoms with Crippen LogP contribution in [0.1, 0.15) is 18.2 Å². The molecule has 108 valence electrons. The predicted octanol–water partition coefficient (Wildman–Crippen LogP) is 2.63. The average Bonchev–Trinajstić information content (AvgIpc) is 2.90. The number of aromatic amines is 1. The molecule has 0 unspecified atom stereocenters. The molecular weight excluding hydrogens is 344 g/mol. The molecule has 0 aliphatic heterocycles. The Morgan fingerprint density at radius 1 is 1.35 bits per heavy atom. The van der Waals surface area contributed by atoms with Crippen molar-refractivity contribution in [2.75, 3.05) is 4.72 Å². The second-order valence-electron chi connectivity index (χ2n) is 4.28. The van der Waals surface area contributed by atoms with Crippen LogP contribution in [0.15, 0.2) is 39.8 Å². The SMILES string of the molecule is CCc1cc(Br)ccc1NS(=O)(=O)c1c[nH]c(CO)c1. The van der Waals surface area contributed by atoms with Crippen molar-refractivity contribution in [3.8, 4) is 0 Å². The Morgan fingerprint density at radius 2 is 2.10 bits per heavy atom. The standard InChI is InChI=1S/C13H15BrN2O3S/c1-2-9-5-10(14)3-4-13(9)16-20(18,19)12-6-11(8-17)15-7-12/h3-7,15-17H,2,8H2,1H3. The monoisotopic (exact) mass is 358 g/mol. The molecule has 0 fully saturated rings. The highest BCUT2D eigenvalue weighted by atomic mass is 79.9. The normalized spacial score (nSPS) is 11.6. The van der Waals surface area contributed by atoms with Gasteiger partial charge in [0.05, 0.1) is 12.3 Å². The number of aromatic nitrogens is 1. The van der Waals surface area contributed by atoms with Crippen LogP contribution in [-0.2, 0) is 23.1 Å². The third-order valence-electron chi connectivity index (χ3n) is 2.89. The third kappa shape index (κ3) is 3.23. The van der Waals surface area contributed by atoms with Crippen LogP contribution in [0.5, 0.6) is 0 Å². The second kappa shape index (κ2) is 5.99. The topological polar surface area (TPSA) is 82.2 Å². The first-order valence-corrected chi connectivity index (χ1v) is 8.33. The molecule has 0 aliphatic carbocycles. The molecule has 2 aromatic rings. The number of rotatable bonds is 5. The number of benzene rings is 1. The summed E-state index contributed by atoms with van der Waals surface area (Å²) in [5, 5.41) is 8.97. The first kappa shape index (κ1) is 15.1. The number of aliphatic hydroxyl groups excluding tert-OH is 1. The van der Waals surface area contributed by atoms with Crippen LogP contribution in [0.4, 0.5) is 5.69 Å². The van der Waals surface area contributed by atoms with Gasteiger partial charge in [-0.1, -0.05) is 22.9 Å². The summed E-state index contributed by atoms with van der Waals surface area (Å²) in [6, 6.07) is 6.80. The molecule has 3 N–H and O–H groups in total. The number of nitrogens with one attached hydrogen (secondary N) is 2. The van der Waals surface area contributed by atoms with E-state index in [-0.39, 0.29) is 11.5 Å². The predicted molar refractivity (Wildman–Crippen MR) is 81.0 cm³/mol.